The molecule has 0 unspecified atom stereocenters. The second-order valence-corrected chi connectivity index (χ2v) is 8.80. The molecule has 1 aromatic heterocycles. The summed E-state index contributed by atoms with van der Waals surface area (Å²) in [4.78, 5) is 17.7. The van der Waals surface area contributed by atoms with Crippen molar-refractivity contribution in [2.75, 3.05) is 12.0 Å². The minimum Gasteiger partial charge on any atom is -0.316 e. The van der Waals surface area contributed by atoms with Crippen molar-refractivity contribution >= 4 is 71.1 Å². The molecule has 124 valence electrons. The number of carbonyl (C=O) groups excluding carboxylic acids is 1. The number of hydrogen-bond donors (Lipinski definition) is 0. The summed E-state index contributed by atoms with van der Waals surface area (Å²) in [6.07, 6.45) is 2.08. The molecule has 2 aromatic carbocycles. The normalized spacial score (nSPS) is 12.0. The molecule has 0 aliphatic heterocycles. The summed E-state index contributed by atoms with van der Waals surface area (Å²) >= 11 is 10.2. The molecule has 0 aliphatic carbocycles. The minimum absolute atomic E-state index is 0.231. The maximum absolute atomic E-state index is 12.6. The molecule has 0 N–H and O–H groups in total. The van der Waals surface area contributed by atoms with Crippen LogP contribution in [-0.4, -0.2) is 22.5 Å². The van der Waals surface area contributed by atoms with Gasteiger partial charge < -0.3 is 4.57 Å². The summed E-state index contributed by atoms with van der Waals surface area (Å²) in [7, 11) is 0. The molecule has 0 spiro atoms. The van der Waals surface area contributed by atoms with E-state index in [1.807, 2.05) is 24.3 Å². The molecule has 0 aliphatic rings. The van der Waals surface area contributed by atoms with Gasteiger partial charge in [0.2, 0.25) is 0 Å². The van der Waals surface area contributed by atoms with E-state index in [9.17, 15) is 4.79 Å². The van der Waals surface area contributed by atoms with Gasteiger partial charge in [-0.05, 0) is 52.5 Å². The summed E-state index contributed by atoms with van der Waals surface area (Å²) in [5.41, 5.74) is 1.68. The van der Waals surface area contributed by atoms with Crippen molar-refractivity contribution in [3.8, 4) is 0 Å². The number of thioether (sulfide) groups is 1. The molecule has 0 saturated carbocycles. The van der Waals surface area contributed by atoms with Crippen LogP contribution in [0.25, 0.3) is 10.2 Å². The van der Waals surface area contributed by atoms with E-state index in [1.54, 1.807) is 17.8 Å². The van der Waals surface area contributed by atoms with Crippen molar-refractivity contribution in [3.63, 3.8) is 0 Å². The van der Waals surface area contributed by atoms with Gasteiger partial charge in [-0.2, -0.15) is 16.8 Å². The predicted molar refractivity (Wildman–Crippen MR) is 110 cm³/mol. The molecule has 0 bridgehead atoms. The number of aryl methyl sites for hydroxylation is 1. The first kappa shape index (κ1) is 17.9. The third kappa shape index (κ3) is 3.85. The van der Waals surface area contributed by atoms with Crippen LogP contribution in [-0.2, 0) is 6.54 Å². The Balaban J connectivity index is 2.13. The molecule has 0 saturated heterocycles. The number of amides is 1. The van der Waals surface area contributed by atoms with E-state index >= 15 is 0 Å². The molecular formula is C17H14Br2N2OS2. The van der Waals surface area contributed by atoms with Gasteiger partial charge in [-0.25, -0.2) is 0 Å². The Kier molecular flexibility index (Phi) is 5.97. The van der Waals surface area contributed by atoms with E-state index in [2.05, 4.69) is 59.8 Å². The van der Waals surface area contributed by atoms with Crippen LogP contribution in [0.5, 0.6) is 0 Å². The molecular weight excluding hydrogens is 472 g/mol. The van der Waals surface area contributed by atoms with Crippen LogP contribution in [0.3, 0.4) is 0 Å². The third-order valence-corrected chi connectivity index (χ3v) is 6.28. The van der Waals surface area contributed by atoms with Gasteiger partial charge in [0.1, 0.15) is 0 Å². The van der Waals surface area contributed by atoms with Crippen molar-refractivity contribution in [2.45, 2.75) is 6.54 Å². The fraction of sp³-hybridized carbons (Fsp3) is 0.176. The minimum atomic E-state index is -0.231. The van der Waals surface area contributed by atoms with Crippen molar-refractivity contribution in [2.24, 2.45) is 4.99 Å². The van der Waals surface area contributed by atoms with Crippen LogP contribution < -0.4 is 4.80 Å². The lowest BCUT2D eigenvalue weighted by atomic mass is 10.2. The first-order valence-corrected chi connectivity index (χ1v) is 11.0. The standard InChI is InChI=1S/C17H14Br2N2OS2/c1-23-9-8-21-14-7-6-11(18)10-15(14)24-17(21)20-16(22)12-4-2-3-5-13(12)19/h2-7,10H,8-9H2,1H3. The zero-order valence-electron chi connectivity index (χ0n) is 12.8. The SMILES string of the molecule is CSCCn1c(=NC(=O)c2ccccc2Br)sc2cc(Br)ccc21. The Morgan fingerprint density at radius 3 is 2.79 bits per heavy atom. The average molecular weight is 486 g/mol. The molecule has 3 aromatic rings. The predicted octanol–water partition coefficient (Wildman–Crippen LogP) is 5.33. The molecule has 1 heterocycles. The molecule has 3 nitrogen and oxygen atoms in total. The maximum atomic E-state index is 12.6. The monoisotopic (exact) mass is 484 g/mol. The number of nitrogens with zero attached hydrogens (tertiary/aromatic N) is 2. The van der Waals surface area contributed by atoms with Gasteiger partial charge in [0.15, 0.2) is 4.80 Å². The Morgan fingerprint density at radius 2 is 2.04 bits per heavy atom. The largest absolute Gasteiger partial charge is 0.316 e. The third-order valence-electron chi connectivity index (χ3n) is 3.47. The molecule has 24 heavy (non-hydrogen) atoms. The van der Waals surface area contributed by atoms with Crippen LogP contribution in [0, 0.1) is 0 Å². The molecule has 0 fully saturated rings. The van der Waals surface area contributed by atoms with Gasteiger partial charge in [-0.15, -0.1) is 0 Å². The van der Waals surface area contributed by atoms with Crippen LogP contribution in [0.2, 0.25) is 0 Å². The van der Waals surface area contributed by atoms with E-state index in [0.717, 1.165) is 36.3 Å². The quantitative estimate of drug-likeness (QED) is 0.500. The van der Waals surface area contributed by atoms with E-state index in [4.69, 9.17) is 0 Å². The molecule has 7 heteroatoms. The van der Waals surface area contributed by atoms with Crippen LogP contribution in [0.15, 0.2) is 56.4 Å². The summed E-state index contributed by atoms with van der Waals surface area (Å²) in [5.74, 6) is 0.740. The van der Waals surface area contributed by atoms with E-state index < -0.39 is 0 Å². The van der Waals surface area contributed by atoms with Gasteiger partial charge in [0.05, 0.1) is 15.8 Å². The van der Waals surface area contributed by atoms with Crippen molar-refractivity contribution < 1.29 is 4.79 Å². The van der Waals surface area contributed by atoms with Gasteiger partial charge in [0, 0.05) is 21.2 Å². The molecule has 1 amide bonds. The highest BCUT2D eigenvalue weighted by atomic mass is 79.9. The highest BCUT2D eigenvalue weighted by Crippen LogP contribution is 2.23. The summed E-state index contributed by atoms with van der Waals surface area (Å²) < 4.78 is 5.02. The molecule has 0 atom stereocenters. The number of fused-ring (bicyclic) bond motifs is 1. The second kappa shape index (κ2) is 7.99. The number of thiazole rings is 1. The fourth-order valence-corrected chi connectivity index (χ4v) is 4.74. The van der Waals surface area contributed by atoms with E-state index in [1.165, 1.54) is 11.3 Å². The summed E-state index contributed by atoms with van der Waals surface area (Å²) in [6.45, 7) is 0.824. The first-order chi connectivity index (χ1) is 11.6. The lowest BCUT2D eigenvalue weighted by Crippen LogP contribution is -2.18. The average Bonchev–Trinajstić information content (AvgIpc) is 2.89. The zero-order valence-corrected chi connectivity index (χ0v) is 17.6. The smallest absolute Gasteiger partial charge is 0.280 e. The molecule has 3 rings (SSSR count). The van der Waals surface area contributed by atoms with E-state index in [-0.39, 0.29) is 5.91 Å². The number of hydrogen-bond acceptors (Lipinski definition) is 3. The van der Waals surface area contributed by atoms with Gasteiger partial charge in [-0.1, -0.05) is 39.4 Å². The Hall–Kier alpha value is -0.890. The van der Waals surface area contributed by atoms with Crippen molar-refractivity contribution in [1.29, 1.82) is 0 Å². The topological polar surface area (TPSA) is 34.4 Å². The van der Waals surface area contributed by atoms with Gasteiger partial charge in [-0.3, -0.25) is 4.79 Å². The van der Waals surface area contributed by atoms with Crippen LogP contribution in [0.1, 0.15) is 10.4 Å². The lowest BCUT2D eigenvalue weighted by molar-refractivity contribution is 0.0997. The highest BCUT2D eigenvalue weighted by molar-refractivity contribution is 9.10. The Labute approximate surface area is 165 Å². The number of aromatic nitrogens is 1. The van der Waals surface area contributed by atoms with Crippen LogP contribution in [0.4, 0.5) is 0 Å². The summed E-state index contributed by atoms with van der Waals surface area (Å²) in [6, 6.07) is 13.5. The first-order valence-electron chi connectivity index (χ1n) is 7.21. The van der Waals surface area contributed by atoms with E-state index in [0.29, 0.717) is 5.56 Å². The maximum Gasteiger partial charge on any atom is 0.280 e. The second-order valence-electron chi connectivity index (χ2n) is 5.04. The van der Waals surface area contributed by atoms with Gasteiger partial charge >= 0.3 is 0 Å². The van der Waals surface area contributed by atoms with Gasteiger partial charge in [0.25, 0.3) is 5.91 Å². The zero-order chi connectivity index (χ0) is 17.1. The number of rotatable bonds is 4. The Bertz CT molecular complexity index is 963. The van der Waals surface area contributed by atoms with Crippen LogP contribution >= 0.6 is 55.0 Å². The highest BCUT2D eigenvalue weighted by Gasteiger charge is 2.11. The fourth-order valence-electron chi connectivity index (χ4n) is 2.31. The molecule has 0 radical (unpaired) electrons. The number of carbonyl (C=O) groups is 1. The van der Waals surface area contributed by atoms with Crippen molar-refractivity contribution in [3.05, 3.63) is 61.8 Å². The Morgan fingerprint density at radius 1 is 1.25 bits per heavy atom. The number of benzene rings is 2. The van der Waals surface area contributed by atoms with Crippen molar-refractivity contribution in [1.82, 2.24) is 4.57 Å². The number of halogens is 2. The lowest BCUT2D eigenvalue weighted by Gasteiger charge is -2.04. The summed E-state index contributed by atoms with van der Waals surface area (Å²) in [5, 5.41) is 0.